The first-order valence-electron chi connectivity index (χ1n) is 7.63. The fourth-order valence-electron chi connectivity index (χ4n) is 2.46. The Morgan fingerprint density at radius 2 is 1.84 bits per heavy atom. The van der Waals surface area contributed by atoms with Gasteiger partial charge in [0.1, 0.15) is 17.3 Å². The molecule has 3 aromatic rings. The highest BCUT2D eigenvalue weighted by atomic mass is 19.1. The molecule has 0 aliphatic heterocycles. The second kappa shape index (κ2) is 6.64. The molecule has 0 aliphatic rings. The number of benzene rings is 2. The smallest absolute Gasteiger partial charge is 0.323 e. The van der Waals surface area contributed by atoms with Crippen LogP contribution in [0.4, 0.5) is 20.6 Å². The molecule has 0 saturated carbocycles. The topological polar surface area (TPSA) is 79.2 Å². The zero-order chi connectivity index (χ0) is 18.0. The zero-order valence-electron chi connectivity index (χ0n) is 13.7. The van der Waals surface area contributed by atoms with Gasteiger partial charge in [0.25, 0.3) is 0 Å². The molecule has 0 unspecified atom stereocenters. The number of phenols is 1. The van der Waals surface area contributed by atoms with Gasteiger partial charge in [0.15, 0.2) is 0 Å². The van der Waals surface area contributed by atoms with Gasteiger partial charge >= 0.3 is 6.03 Å². The Hall–Kier alpha value is -3.35. The number of hydrogen-bond donors (Lipinski definition) is 3. The number of rotatable bonds is 3. The SMILES string of the molecule is Cc1cc(O)ccc1NC(=O)Nc1cnn(-c2ccccc2F)c1C. The maximum atomic E-state index is 13.9. The van der Waals surface area contributed by atoms with Gasteiger partial charge in [-0.15, -0.1) is 0 Å². The third kappa shape index (κ3) is 3.45. The van der Waals surface area contributed by atoms with Crippen LogP contribution < -0.4 is 10.6 Å². The molecule has 2 aromatic carbocycles. The summed E-state index contributed by atoms with van der Waals surface area (Å²) in [5.41, 5.74) is 2.69. The molecule has 0 spiro atoms. The monoisotopic (exact) mass is 340 g/mol. The number of carbonyl (C=O) groups excluding carboxylic acids is 1. The Kier molecular flexibility index (Phi) is 4.38. The molecule has 2 amide bonds. The number of halogens is 1. The summed E-state index contributed by atoms with van der Waals surface area (Å²) < 4.78 is 15.3. The van der Waals surface area contributed by atoms with Crippen molar-refractivity contribution in [2.24, 2.45) is 0 Å². The molecule has 1 aromatic heterocycles. The fourth-order valence-corrected chi connectivity index (χ4v) is 2.46. The van der Waals surface area contributed by atoms with E-state index >= 15 is 0 Å². The Balaban J connectivity index is 1.77. The molecule has 1 heterocycles. The number of amides is 2. The van der Waals surface area contributed by atoms with Gasteiger partial charge in [-0.1, -0.05) is 12.1 Å². The summed E-state index contributed by atoms with van der Waals surface area (Å²) >= 11 is 0. The molecule has 0 saturated heterocycles. The highest BCUT2D eigenvalue weighted by molar-refractivity contribution is 6.00. The van der Waals surface area contributed by atoms with Crippen molar-refractivity contribution in [2.45, 2.75) is 13.8 Å². The van der Waals surface area contributed by atoms with Crippen LogP contribution in [0.3, 0.4) is 0 Å². The minimum Gasteiger partial charge on any atom is -0.508 e. The Morgan fingerprint density at radius 3 is 2.56 bits per heavy atom. The predicted molar refractivity (Wildman–Crippen MR) is 93.7 cm³/mol. The van der Waals surface area contributed by atoms with Crippen molar-refractivity contribution in [3.63, 3.8) is 0 Å². The quantitative estimate of drug-likeness (QED) is 0.631. The van der Waals surface area contributed by atoms with Gasteiger partial charge < -0.3 is 15.7 Å². The van der Waals surface area contributed by atoms with Crippen LogP contribution in [0.5, 0.6) is 5.75 Å². The number of phenolic OH excluding ortho intramolecular Hbond substituents is 1. The van der Waals surface area contributed by atoms with E-state index in [1.54, 1.807) is 44.2 Å². The predicted octanol–water partition coefficient (Wildman–Crippen LogP) is 3.98. The van der Waals surface area contributed by atoms with Crippen LogP contribution in [-0.2, 0) is 0 Å². The lowest BCUT2D eigenvalue weighted by atomic mass is 10.2. The first-order valence-corrected chi connectivity index (χ1v) is 7.63. The van der Waals surface area contributed by atoms with Crippen LogP contribution in [0.15, 0.2) is 48.7 Å². The second-order valence-electron chi connectivity index (χ2n) is 5.59. The highest BCUT2D eigenvalue weighted by Gasteiger charge is 2.13. The van der Waals surface area contributed by atoms with E-state index in [1.807, 2.05) is 0 Å². The van der Waals surface area contributed by atoms with E-state index in [2.05, 4.69) is 15.7 Å². The second-order valence-corrected chi connectivity index (χ2v) is 5.59. The number of nitrogens with zero attached hydrogens (tertiary/aromatic N) is 2. The Morgan fingerprint density at radius 1 is 1.12 bits per heavy atom. The molecule has 3 N–H and O–H groups in total. The highest BCUT2D eigenvalue weighted by Crippen LogP contribution is 2.22. The number of anilines is 2. The number of nitrogens with one attached hydrogen (secondary N) is 2. The molecule has 0 atom stereocenters. The molecule has 25 heavy (non-hydrogen) atoms. The average molecular weight is 340 g/mol. The fraction of sp³-hybridized carbons (Fsp3) is 0.111. The number of hydrogen-bond acceptors (Lipinski definition) is 3. The first kappa shape index (κ1) is 16.5. The maximum absolute atomic E-state index is 13.9. The van der Waals surface area contributed by atoms with Gasteiger partial charge in [-0.25, -0.2) is 13.9 Å². The number of urea groups is 1. The molecule has 0 aliphatic carbocycles. The van der Waals surface area contributed by atoms with Crippen molar-refractivity contribution in [1.82, 2.24) is 9.78 Å². The van der Waals surface area contributed by atoms with Crippen LogP contribution in [-0.4, -0.2) is 20.9 Å². The van der Waals surface area contributed by atoms with E-state index in [0.29, 0.717) is 22.8 Å². The van der Waals surface area contributed by atoms with Gasteiger partial charge in [0.2, 0.25) is 0 Å². The third-order valence-electron chi connectivity index (χ3n) is 3.80. The van der Waals surface area contributed by atoms with Crippen molar-refractivity contribution in [1.29, 1.82) is 0 Å². The molecule has 128 valence electrons. The number of para-hydroxylation sites is 1. The minimum absolute atomic E-state index is 0.130. The summed E-state index contributed by atoms with van der Waals surface area (Å²) in [5.74, 6) is -0.269. The summed E-state index contributed by atoms with van der Waals surface area (Å²) in [5, 5.41) is 18.9. The van der Waals surface area contributed by atoms with E-state index in [0.717, 1.165) is 5.56 Å². The summed E-state index contributed by atoms with van der Waals surface area (Å²) in [7, 11) is 0. The van der Waals surface area contributed by atoms with Crippen LogP contribution in [0.1, 0.15) is 11.3 Å². The van der Waals surface area contributed by atoms with Crippen LogP contribution in [0.25, 0.3) is 5.69 Å². The lowest BCUT2D eigenvalue weighted by Gasteiger charge is -2.10. The number of carbonyl (C=O) groups is 1. The standard InChI is InChI=1S/C18H17FN4O2/c1-11-9-13(24)7-8-15(11)21-18(25)22-16-10-20-23(12(16)2)17-6-4-3-5-14(17)19/h3-10,24H,1-2H3,(H2,21,22,25). The Labute approximate surface area is 143 Å². The van der Waals surface area contributed by atoms with E-state index in [4.69, 9.17) is 0 Å². The molecule has 0 bridgehead atoms. The van der Waals surface area contributed by atoms with Crippen molar-refractivity contribution >= 4 is 17.4 Å². The van der Waals surface area contributed by atoms with E-state index < -0.39 is 11.8 Å². The van der Waals surface area contributed by atoms with Crippen molar-refractivity contribution in [3.05, 3.63) is 65.7 Å². The van der Waals surface area contributed by atoms with Crippen LogP contribution in [0.2, 0.25) is 0 Å². The van der Waals surface area contributed by atoms with Gasteiger partial charge in [-0.3, -0.25) is 0 Å². The van der Waals surface area contributed by atoms with Crippen LogP contribution in [0, 0.1) is 19.7 Å². The van der Waals surface area contributed by atoms with Gasteiger partial charge in [-0.2, -0.15) is 5.10 Å². The van der Waals surface area contributed by atoms with Gasteiger partial charge in [0.05, 0.1) is 17.6 Å². The van der Waals surface area contributed by atoms with Gasteiger partial charge in [0, 0.05) is 5.69 Å². The maximum Gasteiger partial charge on any atom is 0.323 e. The van der Waals surface area contributed by atoms with E-state index in [1.165, 1.54) is 23.0 Å². The largest absolute Gasteiger partial charge is 0.508 e. The molecule has 6 nitrogen and oxygen atoms in total. The van der Waals surface area contributed by atoms with E-state index in [-0.39, 0.29) is 5.75 Å². The summed E-state index contributed by atoms with van der Waals surface area (Å²) in [4.78, 5) is 12.2. The van der Waals surface area contributed by atoms with E-state index in [9.17, 15) is 14.3 Å². The molecule has 3 rings (SSSR count). The lowest BCUT2D eigenvalue weighted by molar-refractivity contribution is 0.262. The molecular formula is C18H17FN4O2. The van der Waals surface area contributed by atoms with Crippen molar-refractivity contribution in [2.75, 3.05) is 10.6 Å². The molecule has 7 heteroatoms. The zero-order valence-corrected chi connectivity index (χ0v) is 13.7. The summed E-state index contributed by atoms with van der Waals surface area (Å²) in [6.45, 7) is 3.51. The first-order chi connectivity index (χ1) is 12.0. The number of aromatic nitrogens is 2. The third-order valence-corrected chi connectivity index (χ3v) is 3.80. The van der Waals surface area contributed by atoms with Crippen molar-refractivity contribution < 1.29 is 14.3 Å². The minimum atomic E-state index is -0.454. The normalized spacial score (nSPS) is 10.5. The number of aromatic hydroxyl groups is 1. The summed E-state index contributed by atoms with van der Waals surface area (Å²) in [6.07, 6.45) is 1.46. The molecule has 0 fully saturated rings. The molecule has 0 radical (unpaired) electrons. The number of aryl methyl sites for hydroxylation is 1. The van der Waals surface area contributed by atoms with Crippen LogP contribution >= 0.6 is 0 Å². The molecular weight excluding hydrogens is 323 g/mol. The van der Waals surface area contributed by atoms with Crippen molar-refractivity contribution in [3.8, 4) is 11.4 Å². The van der Waals surface area contributed by atoms with Gasteiger partial charge in [-0.05, 0) is 49.7 Å². The Bertz CT molecular complexity index is 937. The average Bonchev–Trinajstić information content (AvgIpc) is 2.91. The summed E-state index contributed by atoms with van der Waals surface area (Å²) in [6, 6.07) is 10.5. The lowest BCUT2D eigenvalue weighted by Crippen LogP contribution is -2.20.